The van der Waals surface area contributed by atoms with Crippen LogP contribution in [0.25, 0.3) is 0 Å². The minimum atomic E-state index is -0.869. The highest BCUT2D eigenvalue weighted by molar-refractivity contribution is 5.91. The Labute approximate surface area is 298 Å². The zero-order valence-corrected chi connectivity index (χ0v) is 31.8. The Bertz CT molecular complexity index is 1610. The van der Waals surface area contributed by atoms with Crippen molar-refractivity contribution in [3.8, 4) is 5.75 Å². The molecule has 0 saturated heterocycles. The molecule has 0 aliphatic heterocycles. The topological polar surface area (TPSA) is 127 Å². The maximum Gasteiger partial charge on any atom is 0.335 e. The van der Waals surface area contributed by atoms with E-state index in [4.69, 9.17) is 19.7 Å². The van der Waals surface area contributed by atoms with E-state index in [2.05, 4.69) is 83.1 Å². The molecule has 2 aliphatic carbocycles. The first kappa shape index (κ1) is 43.3. The summed E-state index contributed by atoms with van der Waals surface area (Å²) in [7, 11) is 0. The molecule has 0 radical (unpaired) electrons. The minimum Gasteiger partial charge on any atom is -0.478 e. The summed E-state index contributed by atoms with van der Waals surface area (Å²) >= 11 is 0. The summed E-state index contributed by atoms with van der Waals surface area (Å²) in [6.07, 6.45) is 9.09. The zero-order chi connectivity index (χ0) is 38.5. The second-order valence-corrected chi connectivity index (χ2v) is 16.1. The number of carbonyl (C=O) groups excluding carboxylic acids is 2. The summed E-state index contributed by atoms with van der Waals surface area (Å²) < 4.78 is 9.74. The number of hydrogen-bond donors (Lipinski definition) is 2. The van der Waals surface area contributed by atoms with Crippen LogP contribution in [-0.2, 0) is 30.0 Å². The van der Waals surface area contributed by atoms with Crippen molar-refractivity contribution in [3.05, 3.63) is 112 Å². The molecule has 0 spiro atoms. The van der Waals surface area contributed by atoms with E-state index in [1.165, 1.54) is 11.1 Å². The Balaban J connectivity index is 0.000000334. The van der Waals surface area contributed by atoms with Gasteiger partial charge in [0, 0.05) is 5.56 Å². The molecule has 8 nitrogen and oxygen atoms in total. The third kappa shape index (κ3) is 14.4. The fraction of sp³-hybridized carbons (Fsp3) is 0.429. The van der Waals surface area contributed by atoms with E-state index >= 15 is 0 Å². The lowest BCUT2D eigenvalue weighted by atomic mass is 9.85. The number of ether oxygens (including phenoxy) is 2. The molecule has 2 aromatic carbocycles. The smallest absolute Gasteiger partial charge is 0.335 e. The van der Waals surface area contributed by atoms with Gasteiger partial charge in [-0.05, 0) is 76.0 Å². The van der Waals surface area contributed by atoms with Crippen LogP contribution in [0.1, 0.15) is 117 Å². The summed E-state index contributed by atoms with van der Waals surface area (Å²) in [6, 6.07) is 14.6. The number of benzene rings is 2. The Morgan fingerprint density at radius 1 is 0.680 bits per heavy atom. The molecule has 0 aromatic heterocycles. The molecule has 2 aromatic rings. The normalized spacial score (nSPS) is 14.0. The van der Waals surface area contributed by atoms with E-state index in [9.17, 15) is 19.2 Å². The molecule has 0 heterocycles. The molecule has 8 heteroatoms. The van der Waals surface area contributed by atoms with Crippen LogP contribution in [0.5, 0.6) is 5.75 Å². The summed E-state index contributed by atoms with van der Waals surface area (Å²) in [4.78, 5) is 41.6. The maximum atomic E-state index is 10.7. The molecule has 50 heavy (non-hydrogen) atoms. The van der Waals surface area contributed by atoms with E-state index in [1.54, 1.807) is 36.4 Å². The zero-order valence-electron chi connectivity index (χ0n) is 31.8. The summed E-state index contributed by atoms with van der Waals surface area (Å²) in [5.74, 6) is -0.331. The quantitative estimate of drug-likeness (QED) is 0.287. The Hall–Kier alpha value is -4.72. The van der Waals surface area contributed by atoms with Crippen LogP contribution >= 0.6 is 0 Å². The van der Waals surface area contributed by atoms with E-state index in [-0.39, 0.29) is 21.7 Å². The highest BCUT2D eigenvalue weighted by Gasteiger charge is 2.24. The number of aliphatic carboxylic acids is 1. The predicted molar refractivity (Wildman–Crippen MR) is 199 cm³/mol. The van der Waals surface area contributed by atoms with E-state index < -0.39 is 11.9 Å². The van der Waals surface area contributed by atoms with E-state index in [1.807, 2.05) is 36.4 Å². The fourth-order valence-electron chi connectivity index (χ4n) is 4.88. The first-order chi connectivity index (χ1) is 22.9. The van der Waals surface area contributed by atoms with Gasteiger partial charge in [-0.3, -0.25) is 9.59 Å². The van der Waals surface area contributed by atoms with Crippen LogP contribution in [0.15, 0.2) is 95.3 Å². The lowest BCUT2D eigenvalue weighted by molar-refractivity contribution is -0.132. The number of rotatable bonds is 6. The maximum absolute atomic E-state index is 10.7. The van der Waals surface area contributed by atoms with Gasteiger partial charge in [-0.1, -0.05) is 131 Å². The molecular weight excluding hydrogens is 632 g/mol. The highest BCUT2D eigenvalue weighted by Crippen LogP contribution is 2.35. The Kier molecular flexibility index (Phi) is 15.9. The molecule has 272 valence electrons. The first-order valence-corrected chi connectivity index (χ1v) is 16.6. The molecule has 0 saturated carbocycles. The Morgan fingerprint density at radius 3 is 1.72 bits per heavy atom. The van der Waals surface area contributed by atoms with Crippen molar-refractivity contribution < 1.29 is 38.9 Å². The number of carboxylic acid groups (broad SMARTS) is 2. The fourth-order valence-corrected chi connectivity index (χ4v) is 4.88. The summed E-state index contributed by atoms with van der Waals surface area (Å²) in [5.41, 5.74) is 5.44. The molecule has 0 bridgehead atoms. The van der Waals surface area contributed by atoms with Gasteiger partial charge >= 0.3 is 11.9 Å². The van der Waals surface area contributed by atoms with Crippen LogP contribution in [-0.4, -0.2) is 35.1 Å². The number of para-hydroxylation sites is 1. The van der Waals surface area contributed by atoms with Gasteiger partial charge in [0.1, 0.15) is 11.5 Å². The number of aromatic carboxylic acids is 1. The standard InChI is InChI=1S/2C11H14O2.2C10H14O2/c1-11(2,3)9-6-4-5-8(7-9)10(12)13;1-11(2,3)9-6-4-5-7-10(9)13-8-12;1-10(2,3)8-5-4-7(6-8)9(11)12;1-10(2,3)8-5-4-6-9(8)12-7-11/h4-7H,1-3H3,(H,12,13);4-8H,1-3H3;4,6H,5H2,1-3H3,(H,11,12);4,6-7H,5H2,1-3H3. The average molecular weight is 689 g/mol. The van der Waals surface area contributed by atoms with Crippen molar-refractivity contribution in [1.82, 2.24) is 0 Å². The predicted octanol–water partition coefficient (Wildman–Crippen LogP) is 9.99. The van der Waals surface area contributed by atoms with Gasteiger partial charge < -0.3 is 19.7 Å². The summed E-state index contributed by atoms with van der Waals surface area (Å²) in [5, 5.41) is 17.5. The van der Waals surface area contributed by atoms with Crippen LogP contribution < -0.4 is 4.74 Å². The van der Waals surface area contributed by atoms with Crippen molar-refractivity contribution in [3.63, 3.8) is 0 Å². The van der Waals surface area contributed by atoms with Crippen LogP contribution in [0.4, 0.5) is 0 Å². The van der Waals surface area contributed by atoms with Crippen molar-refractivity contribution >= 4 is 24.9 Å². The van der Waals surface area contributed by atoms with Crippen LogP contribution in [0, 0.1) is 10.8 Å². The van der Waals surface area contributed by atoms with Gasteiger partial charge in [-0.15, -0.1) is 0 Å². The van der Waals surface area contributed by atoms with Gasteiger partial charge in [-0.25, -0.2) is 9.59 Å². The van der Waals surface area contributed by atoms with Crippen molar-refractivity contribution in [1.29, 1.82) is 0 Å². The molecule has 4 rings (SSSR count). The Morgan fingerprint density at radius 2 is 1.28 bits per heavy atom. The number of allylic oxidation sites excluding steroid dienone is 5. The number of carbonyl (C=O) groups is 4. The highest BCUT2D eigenvalue weighted by atomic mass is 16.5. The van der Waals surface area contributed by atoms with E-state index in [0.717, 1.165) is 29.7 Å². The average Bonchev–Trinajstić information content (AvgIpc) is 3.69. The molecule has 0 atom stereocenters. The second kappa shape index (κ2) is 18.3. The SMILES string of the molecule is CC(C)(C)C1=C(OC=O)C=CC1.CC(C)(C)C1=CC(C(=O)O)=CC1.CC(C)(C)c1cccc(C(=O)O)c1.CC(C)(C)c1ccccc1OC=O. The van der Waals surface area contributed by atoms with Crippen molar-refractivity contribution in [2.45, 2.75) is 107 Å². The van der Waals surface area contributed by atoms with Gasteiger partial charge in [0.05, 0.1) is 11.1 Å². The van der Waals surface area contributed by atoms with Gasteiger partial charge in [0.15, 0.2) is 0 Å². The van der Waals surface area contributed by atoms with E-state index in [0.29, 0.717) is 29.8 Å². The molecule has 2 aliphatic rings. The molecule has 2 N–H and O–H groups in total. The van der Waals surface area contributed by atoms with Gasteiger partial charge in [-0.2, -0.15) is 0 Å². The summed E-state index contributed by atoms with van der Waals surface area (Å²) in [6.45, 7) is 26.0. The monoisotopic (exact) mass is 688 g/mol. The minimum absolute atomic E-state index is 0.000394. The van der Waals surface area contributed by atoms with Crippen LogP contribution in [0.2, 0.25) is 0 Å². The lowest BCUT2D eigenvalue weighted by Crippen LogP contribution is -2.12. The first-order valence-electron chi connectivity index (χ1n) is 16.6. The largest absolute Gasteiger partial charge is 0.478 e. The third-order valence-electron chi connectivity index (χ3n) is 7.90. The van der Waals surface area contributed by atoms with Crippen molar-refractivity contribution in [2.75, 3.05) is 0 Å². The molecule has 0 fully saturated rings. The lowest BCUT2D eigenvalue weighted by Gasteiger charge is -2.21. The van der Waals surface area contributed by atoms with Crippen LogP contribution in [0.3, 0.4) is 0 Å². The van der Waals surface area contributed by atoms with Gasteiger partial charge in [0.2, 0.25) is 0 Å². The molecule has 0 amide bonds. The second-order valence-electron chi connectivity index (χ2n) is 16.1. The number of carboxylic acids is 2. The van der Waals surface area contributed by atoms with Gasteiger partial charge in [0.25, 0.3) is 12.9 Å². The third-order valence-corrected chi connectivity index (χ3v) is 7.90. The number of hydrogen-bond acceptors (Lipinski definition) is 6. The molecular formula is C42H56O8. The molecule has 0 unspecified atom stereocenters. The van der Waals surface area contributed by atoms with Crippen molar-refractivity contribution in [2.24, 2.45) is 10.8 Å².